The maximum absolute atomic E-state index is 3.50. The molecule has 0 aromatic heterocycles. The van der Waals surface area contributed by atoms with Crippen LogP contribution in [0.2, 0.25) is 0 Å². The maximum atomic E-state index is 3.50. The highest BCUT2D eigenvalue weighted by Gasteiger charge is 2.19. The van der Waals surface area contributed by atoms with Gasteiger partial charge in [0.25, 0.3) is 0 Å². The zero-order chi connectivity index (χ0) is 23.6. The number of hydrogen-bond acceptors (Lipinski definition) is 4. The second-order valence-corrected chi connectivity index (χ2v) is 10.6. The molecule has 0 aliphatic carbocycles. The van der Waals surface area contributed by atoms with Crippen LogP contribution < -0.4 is 10.2 Å². The summed E-state index contributed by atoms with van der Waals surface area (Å²) in [5.74, 6) is 0. The van der Waals surface area contributed by atoms with Gasteiger partial charge in [0, 0.05) is 26.6 Å². The smallest absolute Gasteiger partial charge is 0.0550 e. The molecule has 1 N–H and O–H groups in total. The van der Waals surface area contributed by atoms with Gasteiger partial charge in [0.05, 0.1) is 22.7 Å². The monoisotopic (exact) mass is 488 g/mol. The molecule has 5 aromatic rings. The average Bonchev–Trinajstić information content (AvgIpc) is 2.93. The maximum Gasteiger partial charge on any atom is 0.0550 e. The molecule has 0 fully saturated rings. The molecule has 2 nitrogen and oxygen atoms in total. The number of nitrogens with one attached hydrogen (secondary N) is 1. The van der Waals surface area contributed by atoms with E-state index in [4.69, 9.17) is 0 Å². The Morgan fingerprint density at radius 3 is 1.74 bits per heavy atom. The highest BCUT2D eigenvalue weighted by Crippen LogP contribution is 2.47. The van der Waals surface area contributed by atoms with Crippen molar-refractivity contribution < 1.29 is 0 Å². The minimum Gasteiger partial charge on any atom is -0.354 e. The van der Waals surface area contributed by atoms with Crippen LogP contribution in [-0.2, 0) is 0 Å². The molecule has 2 heterocycles. The van der Waals surface area contributed by atoms with Gasteiger partial charge in [0.2, 0.25) is 0 Å². The van der Waals surface area contributed by atoms with Gasteiger partial charge in [-0.25, -0.2) is 0 Å². The molecule has 0 saturated carbocycles. The lowest BCUT2D eigenvalue weighted by Gasteiger charge is -2.29. The molecule has 0 radical (unpaired) electrons. The number of hydrogen-bond donors (Lipinski definition) is 1. The largest absolute Gasteiger partial charge is 0.354 e. The predicted octanol–water partition coefficient (Wildman–Crippen LogP) is 9.48. The molecule has 4 heteroatoms. The topological polar surface area (TPSA) is 15.3 Å². The number of nitrogens with zero attached hydrogens (tertiary/aromatic N) is 1. The quantitative estimate of drug-likeness (QED) is 0.248. The molecule has 7 rings (SSSR count). The second kappa shape index (κ2) is 9.57. The molecule has 170 valence electrons. The van der Waals surface area contributed by atoms with Crippen molar-refractivity contribution >= 4 is 46.3 Å². The second-order valence-electron chi connectivity index (χ2n) is 8.40. The van der Waals surface area contributed by atoms with Crippen molar-refractivity contribution in [2.45, 2.75) is 19.6 Å². The van der Waals surface area contributed by atoms with E-state index in [-0.39, 0.29) is 0 Å². The van der Waals surface area contributed by atoms with Crippen LogP contribution in [0.5, 0.6) is 0 Å². The third-order valence-corrected chi connectivity index (χ3v) is 8.40. The van der Waals surface area contributed by atoms with E-state index in [0.717, 1.165) is 0 Å². The first-order valence-corrected chi connectivity index (χ1v) is 13.2. The van der Waals surface area contributed by atoms with Crippen molar-refractivity contribution in [2.24, 2.45) is 0 Å². The van der Waals surface area contributed by atoms with Crippen LogP contribution in [0, 0.1) is 0 Å². The Labute approximate surface area is 215 Å². The van der Waals surface area contributed by atoms with Gasteiger partial charge in [-0.3, -0.25) is 0 Å². The van der Waals surface area contributed by atoms with Gasteiger partial charge < -0.3 is 10.2 Å². The summed E-state index contributed by atoms with van der Waals surface area (Å²) < 4.78 is 0. The third-order valence-electron chi connectivity index (χ3n) is 6.14. The number of para-hydroxylation sites is 3. The molecule has 35 heavy (non-hydrogen) atoms. The average molecular weight is 489 g/mol. The fraction of sp³-hybridized carbons (Fsp3) is 0.0323. The molecule has 0 amide bonds. The van der Waals surface area contributed by atoms with E-state index in [0.29, 0.717) is 0 Å². The van der Waals surface area contributed by atoms with Gasteiger partial charge in [-0.1, -0.05) is 96.3 Å². The van der Waals surface area contributed by atoms with Crippen LogP contribution in [0.25, 0.3) is 11.1 Å². The van der Waals surface area contributed by atoms with E-state index in [1.165, 1.54) is 53.5 Å². The SMILES string of the molecule is CN1c2ccccc2Sc2ccccc21.c1ccc(-c2ccc3c(c2)Sc2ccccc2N3)cc1. The summed E-state index contributed by atoms with van der Waals surface area (Å²) in [4.78, 5) is 7.48. The predicted molar refractivity (Wildman–Crippen MR) is 151 cm³/mol. The molecule has 0 bridgehead atoms. The van der Waals surface area contributed by atoms with E-state index >= 15 is 0 Å². The normalized spacial score (nSPS) is 12.7. The van der Waals surface area contributed by atoms with Gasteiger partial charge in [0.15, 0.2) is 0 Å². The molecule has 5 aromatic carbocycles. The Balaban J connectivity index is 0.000000136. The summed E-state index contributed by atoms with van der Waals surface area (Å²) in [7, 11) is 2.12. The first kappa shape index (κ1) is 21.9. The van der Waals surface area contributed by atoms with Crippen LogP contribution in [-0.4, -0.2) is 7.05 Å². The zero-order valence-electron chi connectivity index (χ0n) is 19.3. The minimum absolute atomic E-state index is 1.19. The Bertz CT molecular complexity index is 1450. The summed E-state index contributed by atoms with van der Waals surface area (Å²) in [6.07, 6.45) is 0. The van der Waals surface area contributed by atoms with Crippen molar-refractivity contribution in [1.29, 1.82) is 0 Å². The fourth-order valence-corrected chi connectivity index (χ4v) is 6.51. The van der Waals surface area contributed by atoms with Crippen LogP contribution in [0.15, 0.2) is 141 Å². The summed E-state index contributed by atoms with van der Waals surface area (Å²) in [6, 6.07) is 42.6. The molecule has 0 unspecified atom stereocenters. The Morgan fingerprint density at radius 2 is 1.03 bits per heavy atom. The molecule has 0 saturated heterocycles. The molecular weight excluding hydrogens is 464 g/mol. The number of anilines is 4. The summed E-state index contributed by atoms with van der Waals surface area (Å²) in [6.45, 7) is 0. The van der Waals surface area contributed by atoms with Gasteiger partial charge in [-0.2, -0.15) is 0 Å². The van der Waals surface area contributed by atoms with Gasteiger partial charge in [-0.05, 0) is 59.7 Å². The van der Waals surface area contributed by atoms with E-state index in [2.05, 4.69) is 139 Å². The van der Waals surface area contributed by atoms with E-state index < -0.39 is 0 Å². The minimum atomic E-state index is 1.19. The van der Waals surface area contributed by atoms with Crippen molar-refractivity contribution in [3.8, 4) is 11.1 Å². The Hall–Kier alpha value is -3.60. The summed E-state index contributed by atoms with van der Waals surface area (Å²) in [5.41, 5.74) is 7.49. The number of benzene rings is 5. The van der Waals surface area contributed by atoms with Gasteiger partial charge in [-0.15, -0.1) is 0 Å². The molecular formula is C31H24N2S2. The molecule has 0 spiro atoms. The molecule has 0 atom stereocenters. The van der Waals surface area contributed by atoms with Crippen molar-refractivity contribution in [3.05, 3.63) is 121 Å². The van der Waals surface area contributed by atoms with Gasteiger partial charge in [0.1, 0.15) is 0 Å². The highest BCUT2D eigenvalue weighted by atomic mass is 32.2. The Morgan fingerprint density at radius 1 is 0.486 bits per heavy atom. The number of fused-ring (bicyclic) bond motifs is 4. The van der Waals surface area contributed by atoms with Crippen LogP contribution in [0.3, 0.4) is 0 Å². The fourth-order valence-electron chi connectivity index (χ4n) is 4.33. The van der Waals surface area contributed by atoms with E-state index in [1.54, 1.807) is 0 Å². The molecule has 2 aliphatic rings. The first-order chi connectivity index (χ1) is 17.3. The van der Waals surface area contributed by atoms with Gasteiger partial charge >= 0.3 is 0 Å². The van der Waals surface area contributed by atoms with Crippen molar-refractivity contribution in [2.75, 3.05) is 17.3 Å². The standard InChI is InChI=1S/C18H13NS.C13H11NS/c1-2-6-13(7-3-1)14-10-11-16-18(12-14)20-17-9-5-4-8-15(17)19-16;1-14-10-6-2-4-8-12(10)15-13-9-5-3-7-11(13)14/h1-12,19H;2-9H,1H3. The molecule has 2 aliphatic heterocycles. The summed E-state index contributed by atoms with van der Waals surface area (Å²) >= 11 is 3.67. The summed E-state index contributed by atoms with van der Waals surface area (Å²) in [5, 5.41) is 3.50. The van der Waals surface area contributed by atoms with Crippen LogP contribution in [0.4, 0.5) is 22.7 Å². The van der Waals surface area contributed by atoms with Crippen molar-refractivity contribution in [3.63, 3.8) is 0 Å². The van der Waals surface area contributed by atoms with E-state index in [1.807, 2.05) is 23.5 Å². The zero-order valence-corrected chi connectivity index (χ0v) is 20.9. The van der Waals surface area contributed by atoms with Crippen LogP contribution >= 0.6 is 23.5 Å². The number of rotatable bonds is 1. The lowest BCUT2D eigenvalue weighted by molar-refractivity contribution is 1.11. The Kier molecular flexibility index (Phi) is 5.99. The third kappa shape index (κ3) is 4.43. The van der Waals surface area contributed by atoms with Crippen molar-refractivity contribution in [1.82, 2.24) is 0 Å². The highest BCUT2D eigenvalue weighted by molar-refractivity contribution is 8.00. The lowest BCUT2D eigenvalue weighted by Crippen LogP contribution is -2.14. The van der Waals surface area contributed by atoms with E-state index in [9.17, 15) is 0 Å². The lowest BCUT2D eigenvalue weighted by atomic mass is 10.1. The van der Waals surface area contributed by atoms with Crippen LogP contribution in [0.1, 0.15) is 0 Å². The first-order valence-electron chi connectivity index (χ1n) is 11.6.